The van der Waals surface area contributed by atoms with E-state index in [0.29, 0.717) is 36.2 Å². The Morgan fingerprint density at radius 1 is 1.18 bits per heavy atom. The molecule has 1 aromatic carbocycles. The second-order valence-electron chi connectivity index (χ2n) is 11.0. The van der Waals surface area contributed by atoms with Crippen molar-refractivity contribution in [3.05, 3.63) is 46.5 Å². The van der Waals surface area contributed by atoms with Gasteiger partial charge < -0.3 is 19.9 Å². The largest absolute Gasteiger partial charge is 0.420 e. The molecule has 0 radical (unpaired) electrons. The molecule has 0 spiro atoms. The average Bonchev–Trinajstić information content (AvgIpc) is 3.42. The first-order valence-corrected chi connectivity index (χ1v) is 16.7. The molecule has 2 aromatic heterocycles. The molecule has 44 heavy (non-hydrogen) atoms. The van der Waals surface area contributed by atoms with Gasteiger partial charge in [-0.3, -0.25) is 9.69 Å². The minimum Gasteiger partial charge on any atom is -0.383 e. The summed E-state index contributed by atoms with van der Waals surface area (Å²) in [6.45, 7) is 8.39. The summed E-state index contributed by atoms with van der Waals surface area (Å²) < 4.78 is 73.2. The number of carbonyl (C=O) groups is 1. The van der Waals surface area contributed by atoms with Crippen LogP contribution in [0.3, 0.4) is 0 Å². The highest BCUT2D eigenvalue weighted by Crippen LogP contribution is 2.42. The highest BCUT2D eigenvalue weighted by molar-refractivity contribution is 7.91. The van der Waals surface area contributed by atoms with Crippen molar-refractivity contribution >= 4 is 44.4 Å². The summed E-state index contributed by atoms with van der Waals surface area (Å²) in [5, 5.41) is 3.07. The maximum Gasteiger partial charge on any atom is 0.420 e. The standard InChI is InChI=1S/C29H35F3N6O4S2/c1-5-19-14-20(38-9-8-37(10-12-42-4)17-18(38)2)6-7-22(19)34-28-33-16-21(29(30,31)32)25(35-28)23-15-24-26(43-23)27(39)36(3)11-13-44(24,40)41/h6-7,14-16,18H,5,8-13,17H2,1-4H3,(H,33,34,35)/t18-/m0/s1. The third-order valence-electron chi connectivity index (χ3n) is 7.97. The van der Waals surface area contributed by atoms with E-state index < -0.39 is 33.2 Å². The number of fused-ring (bicyclic) bond motifs is 1. The molecule has 1 atom stereocenters. The number of carbonyl (C=O) groups excluding carboxylic acids is 1. The van der Waals surface area contributed by atoms with Crippen LogP contribution in [0.5, 0.6) is 0 Å². The molecule has 10 nitrogen and oxygen atoms in total. The Labute approximate surface area is 258 Å². The van der Waals surface area contributed by atoms with E-state index in [0.717, 1.165) is 43.5 Å². The van der Waals surface area contributed by atoms with Gasteiger partial charge >= 0.3 is 6.18 Å². The van der Waals surface area contributed by atoms with E-state index in [4.69, 9.17) is 4.74 Å². The number of aryl methyl sites for hydroxylation is 1. The normalized spacial score (nSPS) is 19.2. The van der Waals surface area contributed by atoms with Gasteiger partial charge in [-0.1, -0.05) is 6.92 Å². The van der Waals surface area contributed by atoms with Crippen molar-refractivity contribution in [1.29, 1.82) is 0 Å². The van der Waals surface area contributed by atoms with Crippen LogP contribution in [-0.2, 0) is 27.2 Å². The summed E-state index contributed by atoms with van der Waals surface area (Å²) in [7, 11) is -0.722. The second kappa shape index (κ2) is 12.6. The van der Waals surface area contributed by atoms with E-state index in [1.807, 2.05) is 19.1 Å². The molecule has 0 saturated carbocycles. The predicted octanol–water partition coefficient (Wildman–Crippen LogP) is 4.55. The molecule has 238 valence electrons. The van der Waals surface area contributed by atoms with Gasteiger partial charge in [0, 0.05) is 70.5 Å². The lowest BCUT2D eigenvalue weighted by Crippen LogP contribution is -2.52. The van der Waals surface area contributed by atoms with Crippen molar-refractivity contribution in [3.8, 4) is 10.6 Å². The highest BCUT2D eigenvalue weighted by Gasteiger charge is 2.38. The predicted molar refractivity (Wildman–Crippen MR) is 164 cm³/mol. The average molecular weight is 653 g/mol. The summed E-state index contributed by atoms with van der Waals surface area (Å²) in [4.78, 5) is 26.5. The number of thiophene rings is 1. The Kier molecular flexibility index (Phi) is 9.21. The van der Waals surface area contributed by atoms with E-state index in [1.165, 1.54) is 11.9 Å². The van der Waals surface area contributed by atoms with Gasteiger partial charge in [-0.2, -0.15) is 13.2 Å². The van der Waals surface area contributed by atoms with Crippen molar-refractivity contribution in [2.24, 2.45) is 0 Å². The maximum atomic E-state index is 14.1. The van der Waals surface area contributed by atoms with Crippen LogP contribution in [0.1, 0.15) is 34.6 Å². The van der Waals surface area contributed by atoms with Gasteiger partial charge in [0.15, 0.2) is 9.84 Å². The van der Waals surface area contributed by atoms with Crippen LogP contribution < -0.4 is 10.2 Å². The number of methoxy groups -OCH3 is 1. The van der Waals surface area contributed by atoms with E-state index in [9.17, 15) is 26.4 Å². The molecular weight excluding hydrogens is 617 g/mol. The quantitative estimate of drug-likeness (QED) is 0.375. The number of aromatic nitrogens is 2. The molecule has 0 unspecified atom stereocenters. The van der Waals surface area contributed by atoms with E-state index in [-0.39, 0.29) is 38.9 Å². The monoisotopic (exact) mass is 652 g/mol. The molecule has 2 aliphatic rings. The first-order chi connectivity index (χ1) is 20.8. The summed E-state index contributed by atoms with van der Waals surface area (Å²) in [5.41, 5.74) is 1.02. The Morgan fingerprint density at radius 3 is 2.64 bits per heavy atom. The van der Waals surface area contributed by atoms with Crippen LogP contribution >= 0.6 is 11.3 Å². The fourth-order valence-corrected chi connectivity index (χ4v) is 8.52. The summed E-state index contributed by atoms with van der Waals surface area (Å²) in [5.74, 6) is -0.957. The molecular formula is C29H35F3N6O4S2. The van der Waals surface area contributed by atoms with Gasteiger partial charge in [-0.15, -0.1) is 11.3 Å². The Balaban J connectivity index is 1.46. The summed E-state index contributed by atoms with van der Waals surface area (Å²) >= 11 is 0.687. The molecule has 0 bridgehead atoms. The van der Waals surface area contributed by atoms with Gasteiger partial charge in [0.1, 0.15) is 10.4 Å². The molecule has 1 N–H and O–H groups in total. The number of hydrogen-bond donors (Lipinski definition) is 1. The number of rotatable bonds is 8. The number of ether oxygens (including phenoxy) is 1. The number of anilines is 3. The number of hydrogen-bond acceptors (Lipinski definition) is 10. The molecule has 3 aromatic rings. The molecule has 4 heterocycles. The van der Waals surface area contributed by atoms with Crippen molar-refractivity contribution in [3.63, 3.8) is 0 Å². The first kappa shape index (κ1) is 32.1. The second-order valence-corrected chi connectivity index (χ2v) is 14.1. The SMILES string of the molecule is CCc1cc(N2CCN(CCOC)C[C@@H]2C)ccc1Nc1ncc(C(F)(F)F)c(-c2cc3c(s2)C(=O)N(C)CCS3(=O)=O)n1. The molecule has 0 aliphatic carbocycles. The summed E-state index contributed by atoms with van der Waals surface area (Å²) in [6.07, 6.45) is -3.48. The van der Waals surface area contributed by atoms with Crippen LogP contribution in [0.15, 0.2) is 35.4 Å². The van der Waals surface area contributed by atoms with Crippen molar-refractivity contribution < 1.29 is 31.1 Å². The Hall–Kier alpha value is -3.27. The number of benzene rings is 1. The number of halogens is 3. The third-order valence-corrected chi connectivity index (χ3v) is 10.9. The maximum absolute atomic E-state index is 14.1. The number of nitrogens with zero attached hydrogens (tertiary/aromatic N) is 5. The Bertz CT molecular complexity index is 1650. The van der Waals surface area contributed by atoms with Gasteiger partial charge in [-0.25, -0.2) is 18.4 Å². The fraction of sp³-hybridized carbons (Fsp3) is 0.483. The van der Waals surface area contributed by atoms with Crippen molar-refractivity contribution in [1.82, 2.24) is 19.8 Å². The van der Waals surface area contributed by atoms with Gasteiger partial charge in [-0.05, 0) is 43.2 Å². The topological polar surface area (TPSA) is 108 Å². The number of nitrogens with one attached hydrogen (secondary N) is 1. The molecule has 1 fully saturated rings. The van der Waals surface area contributed by atoms with Crippen molar-refractivity contribution in [2.45, 2.75) is 37.4 Å². The van der Waals surface area contributed by atoms with E-state index in [2.05, 4.69) is 38.1 Å². The molecule has 1 saturated heterocycles. The van der Waals surface area contributed by atoms with Crippen LogP contribution in [0.4, 0.5) is 30.5 Å². The zero-order chi connectivity index (χ0) is 31.8. The van der Waals surface area contributed by atoms with Gasteiger partial charge in [0.2, 0.25) is 5.95 Å². The molecule has 15 heteroatoms. The van der Waals surface area contributed by atoms with E-state index in [1.54, 1.807) is 7.11 Å². The zero-order valence-electron chi connectivity index (χ0n) is 24.9. The third kappa shape index (κ3) is 6.55. The minimum atomic E-state index is -4.81. The Morgan fingerprint density at radius 2 is 1.95 bits per heavy atom. The minimum absolute atomic E-state index is 0.00463. The van der Waals surface area contributed by atoms with Gasteiger partial charge in [0.25, 0.3) is 5.91 Å². The molecule has 5 rings (SSSR count). The fourth-order valence-electron chi connectivity index (χ4n) is 5.48. The van der Waals surface area contributed by atoms with Crippen molar-refractivity contribution in [2.75, 3.05) is 69.5 Å². The van der Waals surface area contributed by atoms with Crippen LogP contribution in [0.25, 0.3) is 10.6 Å². The number of sulfone groups is 1. The molecule has 1 amide bonds. The first-order valence-electron chi connectivity index (χ1n) is 14.3. The lowest BCUT2D eigenvalue weighted by atomic mass is 10.1. The number of alkyl halides is 3. The van der Waals surface area contributed by atoms with Crippen LogP contribution in [0, 0.1) is 0 Å². The van der Waals surface area contributed by atoms with Crippen LogP contribution in [-0.4, -0.2) is 99.4 Å². The number of amides is 1. The van der Waals surface area contributed by atoms with Crippen LogP contribution in [0.2, 0.25) is 0 Å². The van der Waals surface area contributed by atoms with E-state index >= 15 is 0 Å². The zero-order valence-corrected chi connectivity index (χ0v) is 26.6. The highest BCUT2D eigenvalue weighted by atomic mass is 32.2. The summed E-state index contributed by atoms with van der Waals surface area (Å²) in [6, 6.07) is 7.31. The van der Waals surface area contributed by atoms with Gasteiger partial charge in [0.05, 0.1) is 27.8 Å². The number of piperazine rings is 1. The lowest BCUT2D eigenvalue weighted by Gasteiger charge is -2.41. The smallest absolute Gasteiger partial charge is 0.383 e. The molecule has 2 aliphatic heterocycles. The lowest BCUT2D eigenvalue weighted by molar-refractivity contribution is -0.137.